The quantitative estimate of drug-likeness (QED) is 0.248. The summed E-state index contributed by atoms with van der Waals surface area (Å²) in [6, 6.07) is 1.97. The number of aliphatic hydroxyl groups excluding tert-OH is 1. The summed E-state index contributed by atoms with van der Waals surface area (Å²) in [6.07, 6.45) is 0.125. The average Bonchev–Trinajstić information content (AvgIpc) is 2.81. The van der Waals surface area contributed by atoms with E-state index in [1.54, 1.807) is 6.07 Å². The van der Waals surface area contributed by atoms with Crippen LogP contribution in [0.4, 0.5) is 0 Å². The minimum Gasteiger partial charge on any atom is -0.504 e. The molecule has 1 aromatic carbocycles. The minimum absolute atomic E-state index is 0.156. The topological polar surface area (TPSA) is 138 Å². The molecule has 4 fully saturated rings. The highest BCUT2D eigenvalue weighted by atomic mass is 35.5. The number of benzene rings is 1. The number of phenolic OH excluding ortho intramolecular Hbond substituents is 1. The molecule has 0 radical (unpaired) electrons. The molecule has 184 valence electrons. The molecule has 0 aromatic heterocycles. The van der Waals surface area contributed by atoms with Crippen LogP contribution < -0.4 is 14.8 Å². The Balaban J connectivity index is 1.57. The lowest BCUT2D eigenvalue weighted by molar-refractivity contribution is -0.313. The molecule has 4 saturated heterocycles. The molecule has 7 atom stereocenters. The maximum atomic E-state index is 13.7. The van der Waals surface area contributed by atoms with E-state index in [0.29, 0.717) is 11.3 Å². The third kappa shape index (κ3) is 3.39. The average molecular weight is 549 g/mol. The van der Waals surface area contributed by atoms with Crippen molar-refractivity contribution in [1.82, 2.24) is 10.4 Å². The Morgan fingerprint density at radius 1 is 1.26 bits per heavy atom. The summed E-state index contributed by atoms with van der Waals surface area (Å²) in [5, 5.41) is 34.7. The summed E-state index contributed by atoms with van der Waals surface area (Å²) in [7, 11) is 6.39. The van der Waals surface area contributed by atoms with Gasteiger partial charge >= 0.3 is 0 Å². The molecule has 4 heterocycles. The molecule has 1 aliphatic carbocycles. The standard InChI is InChI=1S/C20H21ClN2O8S3/c1-29-8-5-9(14(25)11(6-8)30-2)15-13-17(26)23-20(18(27)22-13,33-34-32-15)7-19(28)12(21)4-3-10(24)16(19)31-23/h3-6,10,12-13,15-16,24-25,28H,7H2,1-2H3,(H,22,27)/t10-,12-,13-,15-,16+,19+,20-/m1/s1. The number of fused-ring (bicyclic) bond motifs is 5. The number of methoxy groups -OCH3 is 2. The number of hydrogen-bond acceptors (Lipinski definition) is 11. The first kappa shape index (κ1) is 24.2. The second-order valence-corrected chi connectivity index (χ2v) is 13.1. The molecule has 1 spiro atoms. The number of amides is 2. The van der Waals surface area contributed by atoms with Gasteiger partial charge in [-0.25, -0.2) is 0 Å². The Morgan fingerprint density at radius 2 is 2.03 bits per heavy atom. The largest absolute Gasteiger partial charge is 0.504 e. The zero-order chi connectivity index (χ0) is 24.4. The van der Waals surface area contributed by atoms with Gasteiger partial charge in [-0.3, -0.25) is 14.4 Å². The summed E-state index contributed by atoms with van der Waals surface area (Å²) < 4.78 is 10.6. The summed E-state index contributed by atoms with van der Waals surface area (Å²) in [5.41, 5.74) is -1.45. The van der Waals surface area contributed by atoms with Crippen LogP contribution in [-0.4, -0.2) is 80.5 Å². The lowest BCUT2D eigenvalue weighted by atomic mass is 9.77. The Labute approximate surface area is 211 Å². The second-order valence-electron chi connectivity index (χ2n) is 8.28. The number of nitrogens with one attached hydrogen (secondary N) is 1. The van der Waals surface area contributed by atoms with Gasteiger partial charge in [0.1, 0.15) is 29.6 Å². The highest BCUT2D eigenvalue weighted by molar-refractivity contribution is 9.09. The number of hydroxylamine groups is 2. The van der Waals surface area contributed by atoms with Crippen molar-refractivity contribution in [1.29, 1.82) is 0 Å². The summed E-state index contributed by atoms with van der Waals surface area (Å²) in [6.45, 7) is 0. The molecule has 0 unspecified atom stereocenters. The summed E-state index contributed by atoms with van der Waals surface area (Å²) in [4.78, 5) is 31.4. The Morgan fingerprint density at radius 3 is 2.74 bits per heavy atom. The number of carbonyl (C=O) groups is 2. The van der Waals surface area contributed by atoms with Crippen LogP contribution in [0.2, 0.25) is 0 Å². The highest BCUT2D eigenvalue weighted by Crippen LogP contribution is 2.62. The van der Waals surface area contributed by atoms with E-state index in [1.165, 1.54) is 53.1 Å². The molecule has 4 N–H and O–H groups in total. The van der Waals surface area contributed by atoms with Gasteiger partial charge in [-0.2, -0.15) is 5.06 Å². The van der Waals surface area contributed by atoms with Crippen LogP contribution in [0, 0.1) is 0 Å². The van der Waals surface area contributed by atoms with Gasteiger partial charge in [0.15, 0.2) is 11.5 Å². The first-order chi connectivity index (χ1) is 16.2. The number of aromatic hydroxyl groups is 1. The molecule has 10 nitrogen and oxygen atoms in total. The first-order valence-electron chi connectivity index (χ1n) is 10.2. The van der Waals surface area contributed by atoms with Gasteiger partial charge in [-0.05, 0) is 26.7 Å². The van der Waals surface area contributed by atoms with Gasteiger partial charge < -0.3 is 30.1 Å². The number of carbonyl (C=O) groups excluding carboxylic acids is 2. The molecule has 2 bridgehead atoms. The number of piperazine rings is 1. The van der Waals surface area contributed by atoms with Crippen molar-refractivity contribution in [3.05, 3.63) is 29.8 Å². The van der Waals surface area contributed by atoms with Gasteiger partial charge in [0, 0.05) is 18.1 Å². The van der Waals surface area contributed by atoms with E-state index < -0.39 is 51.2 Å². The number of nitrogens with zero attached hydrogens (tertiary/aromatic N) is 1. The van der Waals surface area contributed by atoms with Crippen molar-refractivity contribution in [2.75, 3.05) is 14.2 Å². The second kappa shape index (κ2) is 8.57. The number of rotatable bonds is 3. The molecule has 1 aromatic rings. The fourth-order valence-corrected chi connectivity index (χ4v) is 10.4. The van der Waals surface area contributed by atoms with Crippen molar-refractivity contribution in [3.8, 4) is 17.2 Å². The van der Waals surface area contributed by atoms with Gasteiger partial charge in [0.25, 0.3) is 11.8 Å². The predicted molar refractivity (Wildman–Crippen MR) is 127 cm³/mol. The number of hydrogen-bond donors (Lipinski definition) is 4. The lowest BCUT2D eigenvalue weighted by Gasteiger charge is -2.58. The molecule has 4 aliphatic heterocycles. The van der Waals surface area contributed by atoms with E-state index >= 15 is 0 Å². The number of halogens is 1. The van der Waals surface area contributed by atoms with E-state index in [2.05, 4.69) is 5.32 Å². The molecule has 2 amide bonds. The smallest absolute Gasteiger partial charge is 0.272 e. The maximum Gasteiger partial charge on any atom is 0.272 e. The Hall–Kier alpha value is -1.48. The van der Waals surface area contributed by atoms with Crippen molar-refractivity contribution in [2.24, 2.45) is 0 Å². The van der Waals surface area contributed by atoms with E-state index in [0.717, 1.165) is 15.9 Å². The Kier molecular flexibility index (Phi) is 6.11. The highest BCUT2D eigenvalue weighted by Gasteiger charge is 2.68. The van der Waals surface area contributed by atoms with Crippen LogP contribution in [0.1, 0.15) is 17.2 Å². The zero-order valence-corrected chi connectivity index (χ0v) is 21.0. The molecular weight excluding hydrogens is 528 g/mol. The van der Waals surface area contributed by atoms with Crippen molar-refractivity contribution in [2.45, 2.75) is 45.8 Å². The summed E-state index contributed by atoms with van der Waals surface area (Å²) in [5.74, 6) is -0.755. The summed E-state index contributed by atoms with van der Waals surface area (Å²) >= 11 is 6.36. The molecular formula is C20H21ClN2O8S3. The number of alkyl halides is 1. The predicted octanol–water partition coefficient (Wildman–Crippen LogP) is 1.49. The first-order valence-corrected chi connectivity index (χ1v) is 14.1. The molecule has 34 heavy (non-hydrogen) atoms. The van der Waals surface area contributed by atoms with Crippen LogP contribution in [-0.2, 0) is 14.4 Å². The SMILES string of the molecule is COc1cc(OC)c(O)c([C@H]2SSS[C@@]34C[C@]5(O)[C@H](Cl)C=C[C@@H](O)[C@@H]5ON3C(=O)[C@@H]2NC4=O)c1. The third-order valence-corrected chi connectivity index (χ3v) is 11.8. The van der Waals surface area contributed by atoms with Crippen LogP contribution in [0.5, 0.6) is 17.2 Å². The van der Waals surface area contributed by atoms with Gasteiger partial charge in [-0.15, -0.1) is 11.6 Å². The maximum absolute atomic E-state index is 13.7. The van der Waals surface area contributed by atoms with Crippen LogP contribution >= 0.6 is 43.0 Å². The molecule has 14 heteroatoms. The van der Waals surface area contributed by atoms with Crippen LogP contribution in [0.25, 0.3) is 0 Å². The number of aliphatic hydroxyl groups is 2. The van der Waals surface area contributed by atoms with Crippen LogP contribution in [0.3, 0.4) is 0 Å². The fourth-order valence-electron chi connectivity index (χ4n) is 4.59. The lowest BCUT2D eigenvalue weighted by Crippen LogP contribution is -2.78. The Bertz CT molecular complexity index is 1080. The monoisotopic (exact) mass is 548 g/mol. The zero-order valence-electron chi connectivity index (χ0n) is 17.8. The van der Waals surface area contributed by atoms with Gasteiger partial charge in [-0.1, -0.05) is 22.9 Å². The van der Waals surface area contributed by atoms with Crippen molar-refractivity contribution >= 4 is 54.8 Å². The van der Waals surface area contributed by atoms with E-state index in [1.807, 2.05) is 0 Å². The third-order valence-electron chi connectivity index (χ3n) is 6.39. The molecule has 6 rings (SSSR count). The van der Waals surface area contributed by atoms with E-state index in [-0.39, 0.29) is 17.9 Å². The normalized spacial score (nSPS) is 39.0. The number of phenols is 1. The van der Waals surface area contributed by atoms with E-state index in [9.17, 15) is 24.9 Å². The van der Waals surface area contributed by atoms with Crippen molar-refractivity contribution in [3.63, 3.8) is 0 Å². The fraction of sp³-hybridized carbons (Fsp3) is 0.500. The molecule has 5 aliphatic rings. The van der Waals surface area contributed by atoms with Crippen LogP contribution in [0.15, 0.2) is 24.3 Å². The minimum atomic E-state index is -1.79. The molecule has 0 saturated carbocycles. The van der Waals surface area contributed by atoms with Gasteiger partial charge in [0.05, 0.1) is 24.8 Å². The van der Waals surface area contributed by atoms with E-state index in [4.69, 9.17) is 25.9 Å². The number of ether oxygens (including phenoxy) is 2. The van der Waals surface area contributed by atoms with Crippen molar-refractivity contribution < 1.29 is 39.2 Å². The van der Waals surface area contributed by atoms with Gasteiger partial charge in [0.2, 0.25) is 4.87 Å².